The molecule has 0 bridgehead atoms. The van der Waals surface area contributed by atoms with Crippen molar-refractivity contribution in [3.8, 4) is 5.75 Å². The summed E-state index contributed by atoms with van der Waals surface area (Å²) in [5.74, 6) is 0.694. The molecule has 1 saturated heterocycles. The fraction of sp³-hybridized carbons (Fsp3) is 0.650. The van der Waals surface area contributed by atoms with Crippen molar-refractivity contribution in [2.75, 3.05) is 32.8 Å². The number of likely N-dealkylation sites (tertiary alicyclic amines) is 1. The van der Waals surface area contributed by atoms with Gasteiger partial charge < -0.3 is 15.0 Å². The third kappa shape index (κ3) is 6.52. The predicted octanol–water partition coefficient (Wildman–Crippen LogP) is 3.36. The van der Waals surface area contributed by atoms with Gasteiger partial charge in [0.1, 0.15) is 5.75 Å². The van der Waals surface area contributed by atoms with E-state index in [0.717, 1.165) is 25.3 Å². The molecule has 2 rings (SSSR count). The normalized spacial score (nSPS) is 16.0. The van der Waals surface area contributed by atoms with Crippen LogP contribution in [0, 0.1) is 0 Å². The molecule has 4 nitrogen and oxygen atoms in total. The quantitative estimate of drug-likeness (QED) is 0.779. The summed E-state index contributed by atoms with van der Waals surface area (Å²) >= 11 is 0. The lowest BCUT2D eigenvalue weighted by Gasteiger charge is -2.26. The summed E-state index contributed by atoms with van der Waals surface area (Å²) in [4.78, 5) is 14.3. The van der Waals surface area contributed by atoms with Gasteiger partial charge in [0.2, 0.25) is 0 Å². The zero-order valence-corrected chi connectivity index (χ0v) is 15.4. The summed E-state index contributed by atoms with van der Waals surface area (Å²) in [6.45, 7) is 10.8. The maximum Gasteiger partial charge on any atom is 0.257 e. The molecule has 1 aromatic rings. The number of nitrogens with zero attached hydrogens (tertiary/aromatic N) is 1. The van der Waals surface area contributed by atoms with E-state index >= 15 is 0 Å². The summed E-state index contributed by atoms with van der Waals surface area (Å²) < 4.78 is 5.56. The van der Waals surface area contributed by atoms with Gasteiger partial charge in [0.25, 0.3) is 5.91 Å². The summed E-state index contributed by atoms with van der Waals surface area (Å²) in [6, 6.07) is 7.99. The van der Waals surface area contributed by atoms with E-state index in [1.807, 2.05) is 12.1 Å². The summed E-state index contributed by atoms with van der Waals surface area (Å²) in [7, 11) is 0. The second-order valence-electron chi connectivity index (χ2n) is 7.67. The van der Waals surface area contributed by atoms with Crippen molar-refractivity contribution < 1.29 is 9.53 Å². The summed E-state index contributed by atoms with van der Waals surface area (Å²) in [5.41, 5.74) is 1.39. The number of nitrogens with one attached hydrogen (secondary N) is 1. The van der Waals surface area contributed by atoms with Crippen molar-refractivity contribution in [2.24, 2.45) is 0 Å². The number of amides is 1. The number of ether oxygens (including phenoxy) is 1. The number of hydrogen-bond donors (Lipinski definition) is 1. The van der Waals surface area contributed by atoms with E-state index in [0.29, 0.717) is 0 Å². The molecular weight excluding hydrogens is 300 g/mol. The van der Waals surface area contributed by atoms with Crippen LogP contribution in [0.4, 0.5) is 0 Å². The van der Waals surface area contributed by atoms with E-state index in [9.17, 15) is 4.79 Å². The number of carbonyl (C=O) groups excluding carboxylic acids is 1. The van der Waals surface area contributed by atoms with E-state index in [1.54, 1.807) is 0 Å². The zero-order valence-electron chi connectivity index (χ0n) is 15.4. The molecule has 0 aromatic heterocycles. The first-order chi connectivity index (χ1) is 11.4. The molecule has 1 N–H and O–H groups in total. The van der Waals surface area contributed by atoms with E-state index in [2.05, 4.69) is 43.1 Å². The van der Waals surface area contributed by atoms with E-state index in [4.69, 9.17) is 4.74 Å². The molecule has 0 radical (unpaired) electrons. The third-order valence-electron chi connectivity index (χ3n) is 4.51. The number of rotatable bonds is 7. The molecule has 4 heteroatoms. The van der Waals surface area contributed by atoms with Gasteiger partial charge in [-0.3, -0.25) is 4.79 Å². The molecule has 1 fully saturated rings. The van der Waals surface area contributed by atoms with Crippen molar-refractivity contribution in [3.05, 3.63) is 29.8 Å². The number of carbonyl (C=O) groups is 1. The lowest BCUT2D eigenvalue weighted by Crippen LogP contribution is -2.34. The molecule has 0 unspecified atom stereocenters. The SMILES string of the molecule is CC(C)(C)c1ccc(OCC(=O)NCCCN2CCCCC2)cc1. The predicted molar refractivity (Wildman–Crippen MR) is 98.6 cm³/mol. The van der Waals surface area contributed by atoms with Crippen molar-refractivity contribution in [2.45, 2.75) is 51.9 Å². The van der Waals surface area contributed by atoms with Crippen LogP contribution in [-0.4, -0.2) is 43.6 Å². The molecule has 134 valence electrons. The monoisotopic (exact) mass is 332 g/mol. The molecule has 0 atom stereocenters. The van der Waals surface area contributed by atoms with Crippen LogP contribution >= 0.6 is 0 Å². The highest BCUT2D eigenvalue weighted by atomic mass is 16.5. The first-order valence-electron chi connectivity index (χ1n) is 9.17. The molecule has 0 aliphatic carbocycles. The maximum absolute atomic E-state index is 11.8. The lowest BCUT2D eigenvalue weighted by atomic mass is 9.87. The standard InChI is InChI=1S/C20H32N2O2/c1-20(2,3)17-8-10-18(11-9-17)24-16-19(23)21-12-7-15-22-13-5-4-6-14-22/h8-11H,4-7,12-16H2,1-3H3,(H,21,23). The Morgan fingerprint density at radius 1 is 1.12 bits per heavy atom. The first kappa shape index (κ1) is 18.8. The van der Waals surface area contributed by atoms with Gasteiger partial charge in [-0.1, -0.05) is 39.3 Å². The van der Waals surface area contributed by atoms with Crippen LogP contribution in [-0.2, 0) is 10.2 Å². The highest BCUT2D eigenvalue weighted by Gasteiger charge is 2.13. The van der Waals surface area contributed by atoms with Gasteiger partial charge in [0.05, 0.1) is 0 Å². The van der Waals surface area contributed by atoms with Gasteiger partial charge in [-0.25, -0.2) is 0 Å². The molecule has 1 heterocycles. The first-order valence-corrected chi connectivity index (χ1v) is 9.17. The number of piperidine rings is 1. The van der Waals surface area contributed by atoms with Crippen LogP contribution in [0.3, 0.4) is 0 Å². The Kier molecular flexibility index (Phi) is 7.10. The average molecular weight is 332 g/mol. The minimum atomic E-state index is -0.0476. The molecule has 1 aromatic carbocycles. The smallest absolute Gasteiger partial charge is 0.257 e. The zero-order chi connectivity index (χ0) is 17.4. The molecule has 0 spiro atoms. The van der Waals surface area contributed by atoms with Gasteiger partial charge in [-0.2, -0.15) is 0 Å². The number of benzene rings is 1. The van der Waals surface area contributed by atoms with E-state index < -0.39 is 0 Å². The topological polar surface area (TPSA) is 41.6 Å². The highest BCUT2D eigenvalue weighted by Crippen LogP contribution is 2.24. The van der Waals surface area contributed by atoms with Crippen LogP contribution < -0.4 is 10.1 Å². The fourth-order valence-corrected chi connectivity index (χ4v) is 2.96. The maximum atomic E-state index is 11.8. The van der Waals surface area contributed by atoms with Gasteiger partial charge in [0.15, 0.2) is 6.61 Å². The van der Waals surface area contributed by atoms with Crippen LogP contribution in [0.25, 0.3) is 0 Å². The van der Waals surface area contributed by atoms with E-state index in [1.165, 1.54) is 37.9 Å². The Balaban J connectivity index is 1.60. The fourth-order valence-electron chi connectivity index (χ4n) is 2.96. The van der Waals surface area contributed by atoms with Gasteiger partial charge >= 0.3 is 0 Å². The van der Waals surface area contributed by atoms with Crippen molar-refractivity contribution in [1.29, 1.82) is 0 Å². The second kappa shape index (κ2) is 9.07. The Morgan fingerprint density at radius 3 is 2.42 bits per heavy atom. The van der Waals surface area contributed by atoms with E-state index in [-0.39, 0.29) is 17.9 Å². The Hall–Kier alpha value is -1.55. The molecule has 1 aliphatic rings. The van der Waals surface area contributed by atoms with Crippen LogP contribution in [0.5, 0.6) is 5.75 Å². The van der Waals surface area contributed by atoms with Gasteiger partial charge in [0, 0.05) is 6.54 Å². The largest absolute Gasteiger partial charge is 0.484 e. The van der Waals surface area contributed by atoms with Crippen LogP contribution in [0.15, 0.2) is 24.3 Å². The van der Waals surface area contributed by atoms with Gasteiger partial charge in [-0.05, 0) is 62.0 Å². The minimum absolute atomic E-state index is 0.0476. The Bertz CT molecular complexity index is 499. The molecule has 1 amide bonds. The van der Waals surface area contributed by atoms with Gasteiger partial charge in [-0.15, -0.1) is 0 Å². The van der Waals surface area contributed by atoms with Crippen molar-refractivity contribution in [3.63, 3.8) is 0 Å². The highest BCUT2D eigenvalue weighted by molar-refractivity contribution is 5.77. The Morgan fingerprint density at radius 2 is 1.79 bits per heavy atom. The molecule has 1 aliphatic heterocycles. The van der Waals surface area contributed by atoms with Crippen LogP contribution in [0.1, 0.15) is 52.0 Å². The average Bonchev–Trinajstić information content (AvgIpc) is 2.57. The summed E-state index contributed by atoms with van der Waals surface area (Å²) in [6.07, 6.45) is 5.00. The van der Waals surface area contributed by atoms with Crippen LogP contribution in [0.2, 0.25) is 0 Å². The molecule has 0 saturated carbocycles. The Labute approximate surface area is 146 Å². The molecular formula is C20H32N2O2. The number of hydrogen-bond acceptors (Lipinski definition) is 3. The molecule has 24 heavy (non-hydrogen) atoms. The summed E-state index contributed by atoms with van der Waals surface area (Å²) in [5, 5.41) is 2.94. The third-order valence-corrected chi connectivity index (χ3v) is 4.51. The van der Waals surface area contributed by atoms with Crippen molar-refractivity contribution >= 4 is 5.91 Å². The van der Waals surface area contributed by atoms with Crippen molar-refractivity contribution in [1.82, 2.24) is 10.2 Å². The lowest BCUT2D eigenvalue weighted by molar-refractivity contribution is -0.123. The minimum Gasteiger partial charge on any atom is -0.484 e. The second-order valence-corrected chi connectivity index (χ2v) is 7.67.